The van der Waals surface area contributed by atoms with Crippen LogP contribution in [0.5, 0.6) is 0 Å². The minimum absolute atomic E-state index is 0.207. The van der Waals surface area contributed by atoms with Gasteiger partial charge in [0.1, 0.15) is 5.82 Å². The van der Waals surface area contributed by atoms with E-state index >= 15 is 0 Å². The summed E-state index contributed by atoms with van der Waals surface area (Å²) < 4.78 is 12.8. The SMILES string of the molecule is N#CCN(Cc1ccc(F)cc1)C1CCCC1. The lowest BCUT2D eigenvalue weighted by Gasteiger charge is -2.26. The number of nitrogens with zero attached hydrogens (tertiary/aromatic N) is 2. The largest absolute Gasteiger partial charge is 0.283 e. The predicted octanol–water partition coefficient (Wildman–Crippen LogP) is 3.09. The molecule has 1 saturated carbocycles. The van der Waals surface area contributed by atoms with E-state index in [0.29, 0.717) is 12.6 Å². The summed E-state index contributed by atoms with van der Waals surface area (Å²) in [6, 6.07) is 9.32. The highest BCUT2D eigenvalue weighted by molar-refractivity contribution is 5.16. The van der Waals surface area contributed by atoms with Crippen LogP contribution in [-0.2, 0) is 6.54 Å². The molecule has 1 aliphatic rings. The molecule has 0 unspecified atom stereocenters. The third-order valence-electron chi connectivity index (χ3n) is 3.41. The first-order valence-corrected chi connectivity index (χ1v) is 6.15. The molecule has 0 saturated heterocycles. The van der Waals surface area contributed by atoms with Crippen LogP contribution in [0.25, 0.3) is 0 Å². The van der Waals surface area contributed by atoms with Crippen LogP contribution in [0.1, 0.15) is 31.2 Å². The Bertz CT molecular complexity index is 388. The molecule has 0 heterocycles. The maximum absolute atomic E-state index is 12.8. The van der Waals surface area contributed by atoms with Gasteiger partial charge >= 0.3 is 0 Å². The smallest absolute Gasteiger partial charge is 0.123 e. The fraction of sp³-hybridized carbons (Fsp3) is 0.500. The number of nitriles is 1. The molecule has 2 nitrogen and oxygen atoms in total. The van der Waals surface area contributed by atoms with Gasteiger partial charge in [0.2, 0.25) is 0 Å². The zero-order chi connectivity index (χ0) is 12.1. The molecule has 0 aliphatic heterocycles. The van der Waals surface area contributed by atoms with Crippen molar-refractivity contribution in [1.82, 2.24) is 4.90 Å². The third-order valence-corrected chi connectivity index (χ3v) is 3.41. The molecule has 0 radical (unpaired) electrons. The second-order valence-electron chi connectivity index (χ2n) is 4.63. The second-order valence-corrected chi connectivity index (χ2v) is 4.63. The van der Waals surface area contributed by atoms with E-state index in [9.17, 15) is 4.39 Å². The Kier molecular flexibility index (Phi) is 4.11. The summed E-state index contributed by atoms with van der Waals surface area (Å²) in [5.74, 6) is -0.207. The van der Waals surface area contributed by atoms with E-state index in [1.54, 1.807) is 12.1 Å². The van der Waals surface area contributed by atoms with Crippen molar-refractivity contribution < 1.29 is 4.39 Å². The van der Waals surface area contributed by atoms with Gasteiger partial charge in [-0.3, -0.25) is 4.90 Å². The van der Waals surface area contributed by atoms with E-state index < -0.39 is 0 Å². The van der Waals surface area contributed by atoms with E-state index in [2.05, 4.69) is 11.0 Å². The van der Waals surface area contributed by atoms with E-state index in [1.165, 1.54) is 37.8 Å². The van der Waals surface area contributed by atoms with Gasteiger partial charge in [0.25, 0.3) is 0 Å². The molecule has 0 amide bonds. The Morgan fingerprint density at radius 3 is 2.47 bits per heavy atom. The van der Waals surface area contributed by atoms with Gasteiger partial charge in [-0.25, -0.2) is 4.39 Å². The average molecular weight is 232 g/mol. The van der Waals surface area contributed by atoms with Crippen LogP contribution in [-0.4, -0.2) is 17.5 Å². The maximum Gasteiger partial charge on any atom is 0.123 e. The fourth-order valence-corrected chi connectivity index (χ4v) is 2.50. The van der Waals surface area contributed by atoms with Crippen LogP contribution in [0.15, 0.2) is 24.3 Å². The van der Waals surface area contributed by atoms with Gasteiger partial charge in [-0.1, -0.05) is 25.0 Å². The Morgan fingerprint density at radius 2 is 1.88 bits per heavy atom. The van der Waals surface area contributed by atoms with Crippen molar-refractivity contribution in [3.05, 3.63) is 35.6 Å². The van der Waals surface area contributed by atoms with E-state index in [4.69, 9.17) is 5.26 Å². The molecule has 0 aromatic heterocycles. The Balaban J connectivity index is 2.01. The molecule has 1 aromatic rings. The molecule has 1 aliphatic carbocycles. The quantitative estimate of drug-likeness (QED) is 0.746. The van der Waals surface area contributed by atoms with E-state index in [0.717, 1.165) is 12.1 Å². The summed E-state index contributed by atoms with van der Waals surface area (Å²) in [5, 5.41) is 8.87. The van der Waals surface area contributed by atoms with Gasteiger partial charge in [0, 0.05) is 12.6 Å². The Hall–Kier alpha value is -1.40. The highest BCUT2D eigenvalue weighted by Gasteiger charge is 2.22. The lowest BCUT2D eigenvalue weighted by molar-refractivity contribution is 0.214. The number of hydrogen-bond donors (Lipinski definition) is 0. The molecule has 17 heavy (non-hydrogen) atoms. The van der Waals surface area contributed by atoms with Crippen LogP contribution in [0.3, 0.4) is 0 Å². The minimum atomic E-state index is -0.207. The average Bonchev–Trinajstić information content (AvgIpc) is 2.85. The predicted molar refractivity (Wildman–Crippen MR) is 64.7 cm³/mol. The lowest BCUT2D eigenvalue weighted by atomic mass is 10.1. The summed E-state index contributed by atoms with van der Waals surface area (Å²) >= 11 is 0. The topological polar surface area (TPSA) is 27.0 Å². The summed E-state index contributed by atoms with van der Waals surface area (Å²) in [6.07, 6.45) is 4.89. The normalized spacial score (nSPS) is 16.3. The van der Waals surface area contributed by atoms with Crippen LogP contribution >= 0.6 is 0 Å². The summed E-state index contributed by atoms with van der Waals surface area (Å²) in [5.41, 5.74) is 1.08. The molecule has 0 atom stereocenters. The molecule has 1 aromatic carbocycles. The van der Waals surface area contributed by atoms with Gasteiger partial charge in [-0.15, -0.1) is 0 Å². The van der Waals surface area contributed by atoms with Gasteiger partial charge in [-0.05, 0) is 30.5 Å². The zero-order valence-corrected chi connectivity index (χ0v) is 9.90. The van der Waals surface area contributed by atoms with Crippen LogP contribution in [0.4, 0.5) is 4.39 Å². The molecular weight excluding hydrogens is 215 g/mol. The summed E-state index contributed by atoms with van der Waals surface area (Å²) in [7, 11) is 0. The number of rotatable bonds is 4. The molecular formula is C14H17FN2. The molecule has 90 valence electrons. The molecule has 3 heteroatoms. The van der Waals surface area contributed by atoms with Crippen molar-refractivity contribution in [2.45, 2.75) is 38.3 Å². The van der Waals surface area contributed by atoms with Gasteiger partial charge < -0.3 is 0 Å². The van der Waals surface area contributed by atoms with Crippen molar-refractivity contribution in [3.8, 4) is 6.07 Å². The van der Waals surface area contributed by atoms with Crippen LogP contribution in [0.2, 0.25) is 0 Å². The van der Waals surface area contributed by atoms with Gasteiger partial charge in [0.15, 0.2) is 0 Å². The van der Waals surface area contributed by atoms with E-state index in [-0.39, 0.29) is 5.82 Å². The van der Waals surface area contributed by atoms with Crippen molar-refractivity contribution in [1.29, 1.82) is 5.26 Å². The van der Waals surface area contributed by atoms with Crippen LogP contribution < -0.4 is 0 Å². The van der Waals surface area contributed by atoms with Crippen molar-refractivity contribution in [2.75, 3.05) is 6.54 Å². The summed E-state index contributed by atoms with van der Waals surface area (Å²) in [4.78, 5) is 2.21. The number of benzene rings is 1. The highest BCUT2D eigenvalue weighted by Crippen LogP contribution is 2.24. The monoisotopic (exact) mass is 232 g/mol. The molecule has 0 spiro atoms. The van der Waals surface area contributed by atoms with Gasteiger partial charge in [-0.2, -0.15) is 5.26 Å². The van der Waals surface area contributed by atoms with Crippen molar-refractivity contribution in [3.63, 3.8) is 0 Å². The molecule has 0 bridgehead atoms. The first-order chi connectivity index (χ1) is 8.29. The minimum Gasteiger partial charge on any atom is -0.283 e. The number of hydrogen-bond acceptors (Lipinski definition) is 2. The first-order valence-electron chi connectivity index (χ1n) is 6.15. The third kappa shape index (κ3) is 3.28. The maximum atomic E-state index is 12.8. The number of halogens is 1. The first kappa shape index (κ1) is 12.1. The van der Waals surface area contributed by atoms with Crippen LogP contribution in [0, 0.1) is 17.1 Å². The standard InChI is InChI=1S/C14H17FN2/c15-13-7-5-12(6-8-13)11-17(10-9-16)14-3-1-2-4-14/h5-8,14H,1-4,10-11H2. The lowest BCUT2D eigenvalue weighted by Crippen LogP contribution is -2.33. The second kappa shape index (κ2) is 5.79. The van der Waals surface area contributed by atoms with Crippen molar-refractivity contribution >= 4 is 0 Å². The highest BCUT2D eigenvalue weighted by atomic mass is 19.1. The Morgan fingerprint density at radius 1 is 1.24 bits per heavy atom. The molecule has 2 rings (SSSR count). The van der Waals surface area contributed by atoms with Gasteiger partial charge in [0.05, 0.1) is 12.6 Å². The molecule has 0 N–H and O–H groups in total. The van der Waals surface area contributed by atoms with E-state index in [1.807, 2.05) is 0 Å². The summed E-state index contributed by atoms with van der Waals surface area (Å²) in [6.45, 7) is 1.21. The fourth-order valence-electron chi connectivity index (χ4n) is 2.50. The Labute approximate surface area is 102 Å². The molecule has 1 fully saturated rings. The van der Waals surface area contributed by atoms with Crippen molar-refractivity contribution in [2.24, 2.45) is 0 Å². The zero-order valence-electron chi connectivity index (χ0n) is 9.90.